The second-order valence-electron chi connectivity index (χ2n) is 5.34. The zero-order valence-corrected chi connectivity index (χ0v) is 12.3. The third-order valence-electron chi connectivity index (χ3n) is 2.89. The van der Waals surface area contributed by atoms with Gasteiger partial charge in [0.2, 0.25) is 0 Å². The highest BCUT2D eigenvalue weighted by Crippen LogP contribution is 2.14. The smallest absolute Gasteiger partial charge is 0.119 e. The van der Waals surface area contributed by atoms with Crippen LogP contribution in [0, 0.1) is 5.92 Å². The van der Waals surface area contributed by atoms with Gasteiger partial charge in [-0.1, -0.05) is 26.0 Å². The minimum Gasteiger partial charge on any atom is -0.494 e. The highest BCUT2D eigenvalue weighted by Gasteiger charge is 1.98. The molecule has 1 rings (SSSR count). The van der Waals surface area contributed by atoms with Crippen LogP contribution in [0.15, 0.2) is 24.3 Å². The first-order valence-corrected chi connectivity index (χ1v) is 7.35. The van der Waals surface area contributed by atoms with Crippen molar-refractivity contribution in [3.63, 3.8) is 0 Å². The molecule has 0 aromatic heterocycles. The molecule has 1 aromatic rings. The zero-order valence-electron chi connectivity index (χ0n) is 12.3. The van der Waals surface area contributed by atoms with Gasteiger partial charge >= 0.3 is 0 Å². The van der Waals surface area contributed by atoms with E-state index in [4.69, 9.17) is 10.5 Å². The normalized spacial score (nSPS) is 10.9. The number of nitrogens with two attached hydrogens (primary N) is 1. The van der Waals surface area contributed by atoms with Crippen LogP contribution in [-0.2, 0) is 6.42 Å². The average Bonchev–Trinajstić information content (AvgIpc) is 2.39. The lowest BCUT2D eigenvalue weighted by Crippen LogP contribution is -2.20. The molecule has 0 saturated carbocycles. The molecule has 0 fully saturated rings. The van der Waals surface area contributed by atoms with E-state index in [9.17, 15) is 0 Å². The topological polar surface area (TPSA) is 47.3 Å². The molecule has 0 heterocycles. The molecular weight excluding hydrogens is 236 g/mol. The summed E-state index contributed by atoms with van der Waals surface area (Å²) >= 11 is 0. The number of nitrogens with one attached hydrogen (secondary N) is 1. The zero-order chi connectivity index (χ0) is 13.9. The van der Waals surface area contributed by atoms with E-state index in [0.29, 0.717) is 5.92 Å². The Balaban J connectivity index is 2.12. The standard InChI is InChI=1S/C16H28N2O/c1-14(2)13-15-5-7-16(8-6-15)19-12-4-11-18-10-3-9-17/h5-8,14,18H,3-4,9-13,17H2,1-2H3. The van der Waals surface area contributed by atoms with Crippen molar-refractivity contribution in [3.8, 4) is 5.75 Å². The van der Waals surface area contributed by atoms with Crippen molar-refractivity contribution in [1.82, 2.24) is 5.32 Å². The molecule has 0 unspecified atom stereocenters. The molecule has 19 heavy (non-hydrogen) atoms. The van der Waals surface area contributed by atoms with Crippen LogP contribution < -0.4 is 15.8 Å². The van der Waals surface area contributed by atoms with Gasteiger partial charge in [0.1, 0.15) is 5.75 Å². The fourth-order valence-corrected chi connectivity index (χ4v) is 1.93. The quantitative estimate of drug-likeness (QED) is 0.639. The van der Waals surface area contributed by atoms with Gasteiger partial charge in [0.05, 0.1) is 6.61 Å². The number of benzene rings is 1. The van der Waals surface area contributed by atoms with E-state index < -0.39 is 0 Å². The molecule has 0 aliphatic carbocycles. The van der Waals surface area contributed by atoms with Crippen molar-refractivity contribution in [2.24, 2.45) is 11.7 Å². The monoisotopic (exact) mass is 264 g/mol. The Hall–Kier alpha value is -1.06. The molecule has 3 heteroatoms. The summed E-state index contributed by atoms with van der Waals surface area (Å²) in [5, 5.41) is 3.34. The van der Waals surface area contributed by atoms with E-state index in [-0.39, 0.29) is 0 Å². The van der Waals surface area contributed by atoms with E-state index in [0.717, 1.165) is 51.3 Å². The van der Waals surface area contributed by atoms with Gasteiger partial charge in [0.25, 0.3) is 0 Å². The summed E-state index contributed by atoms with van der Waals surface area (Å²) in [6.07, 6.45) is 3.20. The van der Waals surface area contributed by atoms with Crippen molar-refractivity contribution in [1.29, 1.82) is 0 Å². The molecule has 3 nitrogen and oxygen atoms in total. The molecule has 0 spiro atoms. The number of rotatable bonds is 10. The molecule has 0 bridgehead atoms. The highest BCUT2D eigenvalue weighted by atomic mass is 16.5. The Bertz CT molecular complexity index is 322. The lowest BCUT2D eigenvalue weighted by molar-refractivity contribution is 0.308. The molecule has 0 aliphatic heterocycles. The van der Waals surface area contributed by atoms with Crippen LogP contribution in [0.1, 0.15) is 32.3 Å². The Kier molecular flexibility index (Phi) is 8.26. The second kappa shape index (κ2) is 9.82. The summed E-state index contributed by atoms with van der Waals surface area (Å²) in [6, 6.07) is 8.46. The summed E-state index contributed by atoms with van der Waals surface area (Å²) in [5.74, 6) is 1.67. The number of hydrogen-bond donors (Lipinski definition) is 2. The maximum absolute atomic E-state index is 5.71. The summed E-state index contributed by atoms with van der Waals surface area (Å²) in [6.45, 7) is 7.99. The van der Waals surface area contributed by atoms with Crippen LogP contribution in [0.3, 0.4) is 0 Å². The Morgan fingerprint density at radius 1 is 1.11 bits per heavy atom. The largest absolute Gasteiger partial charge is 0.494 e. The van der Waals surface area contributed by atoms with Gasteiger partial charge in [-0.15, -0.1) is 0 Å². The van der Waals surface area contributed by atoms with Crippen LogP contribution in [0.25, 0.3) is 0 Å². The summed E-state index contributed by atoms with van der Waals surface area (Å²) in [4.78, 5) is 0. The van der Waals surface area contributed by atoms with E-state index in [1.54, 1.807) is 0 Å². The van der Waals surface area contributed by atoms with Gasteiger partial charge in [-0.2, -0.15) is 0 Å². The first-order valence-electron chi connectivity index (χ1n) is 7.35. The Morgan fingerprint density at radius 2 is 1.79 bits per heavy atom. The van der Waals surface area contributed by atoms with E-state index >= 15 is 0 Å². The first kappa shape index (κ1) is 16.0. The number of hydrogen-bond acceptors (Lipinski definition) is 3. The van der Waals surface area contributed by atoms with Crippen LogP contribution in [0.2, 0.25) is 0 Å². The Morgan fingerprint density at radius 3 is 2.42 bits per heavy atom. The lowest BCUT2D eigenvalue weighted by atomic mass is 10.0. The number of ether oxygens (including phenoxy) is 1. The maximum Gasteiger partial charge on any atom is 0.119 e. The predicted molar refractivity (Wildman–Crippen MR) is 81.6 cm³/mol. The van der Waals surface area contributed by atoms with Crippen molar-refractivity contribution < 1.29 is 4.74 Å². The third kappa shape index (κ3) is 7.85. The molecule has 0 radical (unpaired) electrons. The molecule has 108 valence electrons. The van der Waals surface area contributed by atoms with Gasteiger partial charge < -0.3 is 15.8 Å². The minimum atomic E-state index is 0.700. The van der Waals surface area contributed by atoms with E-state index in [1.165, 1.54) is 5.56 Å². The molecular formula is C16H28N2O. The van der Waals surface area contributed by atoms with Crippen LogP contribution in [0.4, 0.5) is 0 Å². The van der Waals surface area contributed by atoms with Gasteiger partial charge in [0, 0.05) is 0 Å². The van der Waals surface area contributed by atoms with Crippen molar-refractivity contribution in [3.05, 3.63) is 29.8 Å². The highest BCUT2D eigenvalue weighted by molar-refractivity contribution is 5.27. The van der Waals surface area contributed by atoms with Gasteiger partial charge in [-0.05, 0) is 62.5 Å². The average molecular weight is 264 g/mol. The lowest BCUT2D eigenvalue weighted by Gasteiger charge is -2.09. The fraction of sp³-hybridized carbons (Fsp3) is 0.625. The van der Waals surface area contributed by atoms with Crippen LogP contribution in [0.5, 0.6) is 5.75 Å². The predicted octanol–water partition coefficient (Wildman–Crippen LogP) is 2.59. The maximum atomic E-state index is 5.71. The summed E-state index contributed by atoms with van der Waals surface area (Å²) in [7, 11) is 0. The molecule has 0 aliphatic rings. The summed E-state index contributed by atoms with van der Waals surface area (Å²) < 4.78 is 5.71. The third-order valence-corrected chi connectivity index (χ3v) is 2.89. The molecule has 0 atom stereocenters. The van der Waals surface area contributed by atoms with Crippen LogP contribution >= 0.6 is 0 Å². The molecule has 3 N–H and O–H groups in total. The van der Waals surface area contributed by atoms with Crippen LogP contribution in [-0.4, -0.2) is 26.2 Å². The van der Waals surface area contributed by atoms with Crippen molar-refractivity contribution >= 4 is 0 Å². The summed E-state index contributed by atoms with van der Waals surface area (Å²) in [5.41, 5.74) is 6.80. The van der Waals surface area contributed by atoms with E-state index in [1.807, 2.05) is 0 Å². The Labute approximate surface area is 117 Å². The van der Waals surface area contributed by atoms with E-state index in [2.05, 4.69) is 43.4 Å². The molecule has 1 aromatic carbocycles. The van der Waals surface area contributed by atoms with Gasteiger partial charge in [-0.3, -0.25) is 0 Å². The van der Waals surface area contributed by atoms with Gasteiger partial charge in [0.15, 0.2) is 0 Å². The second-order valence-corrected chi connectivity index (χ2v) is 5.34. The van der Waals surface area contributed by atoms with Gasteiger partial charge in [-0.25, -0.2) is 0 Å². The van der Waals surface area contributed by atoms with Crippen molar-refractivity contribution in [2.45, 2.75) is 33.1 Å². The molecule has 0 amide bonds. The first-order chi connectivity index (χ1) is 9.22. The minimum absolute atomic E-state index is 0.700. The SMILES string of the molecule is CC(C)Cc1ccc(OCCCNCCCN)cc1. The molecule has 0 saturated heterocycles. The van der Waals surface area contributed by atoms with Crippen molar-refractivity contribution in [2.75, 3.05) is 26.2 Å². The fourth-order valence-electron chi connectivity index (χ4n) is 1.93.